The molecule has 0 heterocycles. The van der Waals surface area contributed by atoms with Crippen LogP contribution in [0.3, 0.4) is 0 Å². The summed E-state index contributed by atoms with van der Waals surface area (Å²) in [6.07, 6.45) is 3.65. The number of esters is 2. The molecule has 0 aromatic carbocycles. The number of hydrogen-bond acceptors (Lipinski definition) is 5. The van der Waals surface area contributed by atoms with Crippen LogP contribution in [0.1, 0.15) is 26.2 Å². The van der Waals surface area contributed by atoms with Crippen LogP contribution in [-0.2, 0) is 19.1 Å². The molecule has 0 fully saturated rings. The predicted molar refractivity (Wildman–Crippen MR) is 69.0 cm³/mol. The Morgan fingerprint density at radius 3 is 2.41 bits per heavy atom. The molecule has 0 aromatic rings. The van der Waals surface area contributed by atoms with Gasteiger partial charge in [-0.2, -0.15) is 11.8 Å². The first-order chi connectivity index (χ1) is 8.07. The second kappa shape index (κ2) is 10.2. The molecule has 0 saturated heterocycles. The summed E-state index contributed by atoms with van der Waals surface area (Å²) in [7, 11) is 0. The Bertz CT molecular complexity index is 263. The fraction of sp³-hybridized carbons (Fsp3) is 0.667. The van der Waals surface area contributed by atoms with E-state index in [-0.39, 0.29) is 19.0 Å². The van der Waals surface area contributed by atoms with Gasteiger partial charge in [0.15, 0.2) is 0 Å². The number of carbonyl (C=O) groups is 2. The van der Waals surface area contributed by atoms with Crippen LogP contribution in [0.15, 0.2) is 12.2 Å². The molecule has 98 valence electrons. The zero-order valence-corrected chi connectivity index (χ0v) is 11.3. The Morgan fingerprint density at radius 1 is 1.18 bits per heavy atom. The van der Waals surface area contributed by atoms with E-state index in [2.05, 4.69) is 6.58 Å². The van der Waals surface area contributed by atoms with Crippen molar-refractivity contribution >= 4 is 23.7 Å². The minimum atomic E-state index is -0.418. The van der Waals surface area contributed by atoms with Gasteiger partial charge in [-0.15, -0.1) is 0 Å². The van der Waals surface area contributed by atoms with E-state index in [9.17, 15) is 9.59 Å². The van der Waals surface area contributed by atoms with Crippen molar-refractivity contribution in [3.05, 3.63) is 12.2 Å². The normalized spacial score (nSPS) is 9.76. The van der Waals surface area contributed by atoms with Crippen LogP contribution in [-0.4, -0.2) is 37.2 Å². The summed E-state index contributed by atoms with van der Waals surface area (Å²) in [6.45, 7) is 5.74. The highest BCUT2D eigenvalue weighted by molar-refractivity contribution is 7.98. The minimum Gasteiger partial charge on any atom is -0.466 e. The van der Waals surface area contributed by atoms with Gasteiger partial charge >= 0.3 is 11.9 Å². The first kappa shape index (κ1) is 16.0. The van der Waals surface area contributed by atoms with Crippen molar-refractivity contribution in [1.29, 1.82) is 0 Å². The highest BCUT2D eigenvalue weighted by Gasteiger charge is 2.05. The van der Waals surface area contributed by atoms with Crippen molar-refractivity contribution < 1.29 is 19.1 Å². The van der Waals surface area contributed by atoms with E-state index in [1.807, 2.05) is 6.26 Å². The molecule has 0 aliphatic carbocycles. The molecular formula is C12H20O4S. The lowest BCUT2D eigenvalue weighted by atomic mass is 10.3. The second-order valence-corrected chi connectivity index (χ2v) is 4.57. The monoisotopic (exact) mass is 260 g/mol. The number of carbonyl (C=O) groups excluding carboxylic acids is 2. The van der Waals surface area contributed by atoms with Gasteiger partial charge in [0.2, 0.25) is 0 Å². The molecule has 0 spiro atoms. The summed E-state index contributed by atoms with van der Waals surface area (Å²) >= 11 is 1.72. The maximum Gasteiger partial charge on any atom is 0.333 e. The van der Waals surface area contributed by atoms with Crippen LogP contribution in [0.4, 0.5) is 0 Å². The standard InChI is InChI=1S/C12H20O4S/c1-10(2)12(14)16-7-4-6-11(13)15-8-5-9-17-3/h1,4-9H2,2-3H3. The first-order valence-electron chi connectivity index (χ1n) is 5.55. The highest BCUT2D eigenvalue weighted by atomic mass is 32.2. The molecule has 0 saturated carbocycles. The van der Waals surface area contributed by atoms with Gasteiger partial charge < -0.3 is 9.47 Å². The first-order valence-corrected chi connectivity index (χ1v) is 6.94. The number of thioether (sulfide) groups is 1. The summed E-state index contributed by atoms with van der Waals surface area (Å²) in [5.41, 5.74) is 0.365. The Hall–Kier alpha value is -0.970. The van der Waals surface area contributed by atoms with Crippen molar-refractivity contribution in [1.82, 2.24) is 0 Å². The fourth-order valence-electron chi connectivity index (χ4n) is 0.966. The third-order valence-electron chi connectivity index (χ3n) is 1.86. The van der Waals surface area contributed by atoms with Crippen molar-refractivity contribution in [2.45, 2.75) is 26.2 Å². The lowest BCUT2D eigenvalue weighted by Crippen LogP contribution is -2.10. The molecule has 4 nitrogen and oxygen atoms in total. The SMILES string of the molecule is C=C(C)C(=O)OCCCC(=O)OCCCSC. The van der Waals surface area contributed by atoms with Crippen LogP contribution in [0.25, 0.3) is 0 Å². The maximum atomic E-state index is 11.2. The number of hydrogen-bond donors (Lipinski definition) is 0. The Kier molecular flexibility index (Phi) is 9.62. The minimum absolute atomic E-state index is 0.228. The molecule has 0 bridgehead atoms. The van der Waals surface area contributed by atoms with Crippen molar-refractivity contribution in [3.63, 3.8) is 0 Å². The van der Waals surface area contributed by atoms with E-state index in [0.717, 1.165) is 12.2 Å². The molecule has 0 radical (unpaired) electrons. The van der Waals surface area contributed by atoms with E-state index in [1.54, 1.807) is 18.7 Å². The molecule has 0 aliphatic heterocycles. The zero-order valence-electron chi connectivity index (χ0n) is 10.5. The van der Waals surface area contributed by atoms with E-state index in [0.29, 0.717) is 18.6 Å². The number of ether oxygens (including phenoxy) is 2. The van der Waals surface area contributed by atoms with E-state index in [4.69, 9.17) is 9.47 Å². The highest BCUT2D eigenvalue weighted by Crippen LogP contribution is 2.00. The third-order valence-corrected chi connectivity index (χ3v) is 2.56. The molecular weight excluding hydrogens is 240 g/mol. The Balaban J connectivity index is 3.39. The molecule has 0 atom stereocenters. The van der Waals surface area contributed by atoms with Gasteiger partial charge in [0.05, 0.1) is 13.2 Å². The smallest absolute Gasteiger partial charge is 0.333 e. The Labute approximate surface area is 107 Å². The molecule has 0 amide bonds. The average molecular weight is 260 g/mol. The summed E-state index contributed by atoms with van der Waals surface area (Å²) < 4.78 is 9.84. The fourth-order valence-corrected chi connectivity index (χ4v) is 1.37. The van der Waals surface area contributed by atoms with Crippen LogP contribution >= 0.6 is 11.8 Å². The van der Waals surface area contributed by atoms with Crippen LogP contribution in [0.2, 0.25) is 0 Å². The predicted octanol–water partition coefficient (Wildman–Crippen LogP) is 2.18. The van der Waals surface area contributed by atoms with Gasteiger partial charge in [-0.05, 0) is 31.8 Å². The molecule has 0 aromatic heterocycles. The zero-order chi connectivity index (χ0) is 13.1. The van der Waals surface area contributed by atoms with Gasteiger partial charge in [0, 0.05) is 12.0 Å². The summed E-state index contributed by atoms with van der Waals surface area (Å²) in [5, 5.41) is 0. The molecule has 17 heavy (non-hydrogen) atoms. The summed E-state index contributed by atoms with van der Waals surface area (Å²) in [6, 6.07) is 0. The molecule has 0 rings (SSSR count). The van der Waals surface area contributed by atoms with Crippen molar-refractivity contribution in [2.24, 2.45) is 0 Å². The van der Waals surface area contributed by atoms with Crippen LogP contribution in [0.5, 0.6) is 0 Å². The van der Waals surface area contributed by atoms with E-state index >= 15 is 0 Å². The molecule has 0 N–H and O–H groups in total. The van der Waals surface area contributed by atoms with Gasteiger partial charge in [0.1, 0.15) is 0 Å². The van der Waals surface area contributed by atoms with E-state index in [1.165, 1.54) is 0 Å². The van der Waals surface area contributed by atoms with Crippen molar-refractivity contribution in [3.8, 4) is 0 Å². The third kappa shape index (κ3) is 9.93. The Morgan fingerprint density at radius 2 is 1.82 bits per heavy atom. The summed E-state index contributed by atoms with van der Waals surface area (Å²) in [5.74, 6) is 0.333. The van der Waals surface area contributed by atoms with Gasteiger partial charge in [-0.25, -0.2) is 4.79 Å². The molecule has 5 heteroatoms. The van der Waals surface area contributed by atoms with Crippen molar-refractivity contribution in [2.75, 3.05) is 25.2 Å². The molecule has 0 aliphatic rings. The summed E-state index contributed by atoms with van der Waals surface area (Å²) in [4.78, 5) is 22.2. The average Bonchev–Trinajstić information content (AvgIpc) is 2.29. The largest absolute Gasteiger partial charge is 0.466 e. The van der Waals surface area contributed by atoms with Gasteiger partial charge in [-0.1, -0.05) is 6.58 Å². The lowest BCUT2D eigenvalue weighted by molar-refractivity contribution is -0.145. The maximum absolute atomic E-state index is 11.2. The van der Waals surface area contributed by atoms with E-state index < -0.39 is 5.97 Å². The van der Waals surface area contributed by atoms with Gasteiger partial charge in [0.25, 0.3) is 0 Å². The second-order valence-electron chi connectivity index (χ2n) is 3.59. The lowest BCUT2D eigenvalue weighted by Gasteiger charge is -2.05. The van der Waals surface area contributed by atoms with Gasteiger partial charge in [-0.3, -0.25) is 4.79 Å². The number of rotatable bonds is 9. The topological polar surface area (TPSA) is 52.6 Å². The van der Waals surface area contributed by atoms with Crippen LogP contribution in [0, 0.1) is 0 Å². The molecule has 0 unspecified atom stereocenters. The quantitative estimate of drug-likeness (QED) is 0.361. The van der Waals surface area contributed by atoms with Crippen LogP contribution < -0.4 is 0 Å².